The van der Waals surface area contributed by atoms with Crippen molar-refractivity contribution >= 4 is 11.5 Å². The number of carbonyl (C=O) groups excluding carboxylic acids is 1. The summed E-state index contributed by atoms with van der Waals surface area (Å²) >= 11 is 0. The van der Waals surface area contributed by atoms with E-state index in [2.05, 4.69) is 48.6 Å². The average Bonchev–Trinajstić information content (AvgIpc) is 2.49. The van der Waals surface area contributed by atoms with Crippen molar-refractivity contribution < 1.29 is 4.79 Å². The van der Waals surface area contributed by atoms with Gasteiger partial charge in [-0.3, -0.25) is 4.79 Å². The average molecular weight is 265 g/mol. The zero-order chi connectivity index (χ0) is 13.9. The van der Waals surface area contributed by atoms with E-state index in [1.165, 1.54) is 5.56 Å². The number of benzene rings is 2. The van der Waals surface area contributed by atoms with Crippen molar-refractivity contribution in [2.24, 2.45) is 0 Å². The Morgan fingerprint density at radius 3 is 2.70 bits per heavy atom. The number of hydrogen-bond acceptors (Lipinski definition) is 2. The maximum absolute atomic E-state index is 12.6. The number of nitrogens with one attached hydrogen (secondary N) is 1. The molecule has 1 atom stereocenters. The summed E-state index contributed by atoms with van der Waals surface area (Å²) < 4.78 is 0. The number of fused-ring (bicyclic) bond motifs is 1. The standard InChI is InChI=1S/C18H19NO/c1-13-6-8-14(9-7-13)12-18(20)16-10-11-19-17-5-3-2-4-15(16)17/h2-9,16,19H,10-12H2,1H3. The van der Waals surface area contributed by atoms with Crippen LogP contribution in [-0.2, 0) is 11.2 Å². The second-order valence-electron chi connectivity index (χ2n) is 5.48. The molecule has 1 heterocycles. The number of hydrogen-bond donors (Lipinski definition) is 1. The molecule has 0 saturated carbocycles. The summed E-state index contributed by atoms with van der Waals surface area (Å²) in [6.07, 6.45) is 1.42. The Balaban J connectivity index is 1.80. The van der Waals surface area contributed by atoms with E-state index in [1.54, 1.807) is 0 Å². The Hall–Kier alpha value is -2.09. The van der Waals surface area contributed by atoms with Crippen LogP contribution in [0.2, 0.25) is 0 Å². The van der Waals surface area contributed by atoms with E-state index in [-0.39, 0.29) is 5.92 Å². The smallest absolute Gasteiger partial charge is 0.144 e. The Morgan fingerprint density at radius 2 is 1.90 bits per heavy atom. The summed E-state index contributed by atoms with van der Waals surface area (Å²) in [7, 11) is 0. The van der Waals surface area contributed by atoms with Gasteiger partial charge in [-0.2, -0.15) is 0 Å². The van der Waals surface area contributed by atoms with E-state index in [9.17, 15) is 4.79 Å². The van der Waals surface area contributed by atoms with Crippen LogP contribution in [0.25, 0.3) is 0 Å². The van der Waals surface area contributed by atoms with E-state index >= 15 is 0 Å². The topological polar surface area (TPSA) is 29.1 Å². The molecule has 1 unspecified atom stereocenters. The number of carbonyl (C=O) groups is 1. The number of rotatable bonds is 3. The maximum Gasteiger partial charge on any atom is 0.144 e. The van der Waals surface area contributed by atoms with Crippen LogP contribution in [0.3, 0.4) is 0 Å². The lowest BCUT2D eigenvalue weighted by atomic mass is 9.85. The van der Waals surface area contributed by atoms with Gasteiger partial charge in [-0.25, -0.2) is 0 Å². The quantitative estimate of drug-likeness (QED) is 0.916. The Labute approximate surface area is 119 Å². The van der Waals surface area contributed by atoms with Gasteiger partial charge in [-0.05, 0) is 30.5 Å². The zero-order valence-corrected chi connectivity index (χ0v) is 11.7. The van der Waals surface area contributed by atoms with Gasteiger partial charge < -0.3 is 5.32 Å². The van der Waals surface area contributed by atoms with Gasteiger partial charge in [-0.15, -0.1) is 0 Å². The van der Waals surface area contributed by atoms with Crippen LogP contribution >= 0.6 is 0 Å². The molecule has 1 aliphatic rings. The van der Waals surface area contributed by atoms with Gasteiger partial charge >= 0.3 is 0 Å². The number of Topliss-reactive ketones (excluding diaryl/α,β-unsaturated/α-hetero) is 1. The lowest BCUT2D eigenvalue weighted by Gasteiger charge is -2.25. The van der Waals surface area contributed by atoms with Gasteiger partial charge in [0.2, 0.25) is 0 Å². The first-order chi connectivity index (χ1) is 9.74. The fraction of sp³-hybridized carbons (Fsp3) is 0.278. The van der Waals surface area contributed by atoms with Gasteiger partial charge in [0, 0.05) is 24.6 Å². The summed E-state index contributed by atoms with van der Waals surface area (Å²) in [5.74, 6) is 0.358. The zero-order valence-electron chi connectivity index (χ0n) is 11.7. The highest BCUT2D eigenvalue weighted by Gasteiger charge is 2.25. The van der Waals surface area contributed by atoms with Crippen molar-refractivity contribution in [1.29, 1.82) is 0 Å². The van der Waals surface area contributed by atoms with E-state index < -0.39 is 0 Å². The number of anilines is 1. The Morgan fingerprint density at radius 1 is 1.15 bits per heavy atom. The molecule has 2 aromatic carbocycles. The van der Waals surface area contributed by atoms with E-state index in [4.69, 9.17) is 0 Å². The minimum Gasteiger partial charge on any atom is -0.385 e. The third-order valence-corrected chi connectivity index (χ3v) is 3.97. The third kappa shape index (κ3) is 2.60. The summed E-state index contributed by atoms with van der Waals surface area (Å²) in [4.78, 5) is 12.6. The molecular formula is C18H19NO. The number of aryl methyl sites for hydroxylation is 1. The lowest BCUT2D eigenvalue weighted by molar-refractivity contribution is -0.120. The largest absolute Gasteiger partial charge is 0.385 e. The predicted octanol–water partition coefficient (Wildman–Crippen LogP) is 3.71. The molecule has 1 N–H and O–H groups in total. The summed E-state index contributed by atoms with van der Waals surface area (Å²) in [6.45, 7) is 2.94. The molecule has 1 aliphatic heterocycles. The summed E-state index contributed by atoms with van der Waals surface area (Å²) in [5, 5.41) is 3.37. The summed E-state index contributed by atoms with van der Waals surface area (Å²) in [5.41, 5.74) is 4.60. The monoisotopic (exact) mass is 265 g/mol. The van der Waals surface area contributed by atoms with Crippen molar-refractivity contribution in [2.45, 2.75) is 25.7 Å². The van der Waals surface area contributed by atoms with Crippen LogP contribution in [0.5, 0.6) is 0 Å². The molecule has 0 aliphatic carbocycles. The molecule has 0 amide bonds. The van der Waals surface area contributed by atoms with Gasteiger partial charge in [-0.1, -0.05) is 48.0 Å². The van der Waals surface area contributed by atoms with Crippen molar-refractivity contribution in [2.75, 3.05) is 11.9 Å². The minimum atomic E-state index is 0.0359. The molecular weight excluding hydrogens is 246 g/mol. The number of para-hydroxylation sites is 1. The fourth-order valence-electron chi connectivity index (χ4n) is 2.83. The fourth-order valence-corrected chi connectivity index (χ4v) is 2.83. The molecule has 0 saturated heterocycles. The van der Waals surface area contributed by atoms with E-state index in [1.807, 2.05) is 12.1 Å². The van der Waals surface area contributed by atoms with Gasteiger partial charge in [0.05, 0.1) is 0 Å². The molecule has 0 radical (unpaired) electrons. The van der Waals surface area contributed by atoms with Crippen LogP contribution in [0.15, 0.2) is 48.5 Å². The van der Waals surface area contributed by atoms with Gasteiger partial charge in [0.15, 0.2) is 0 Å². The molecule has 3 rings (SSSR count). The molecule has 20 heavy (non-hydrogen) atoms. The predicted molar refractivity (Wildman–Crippen MR) is 82.2 cm³/mol. The summed E-state index contributed by atoms with van der Waals surface area (Å²) in [6, 6.07) is 16.4. The van der Waals surface area contributed by atoms with Gasteiger partial charge in [0.25, 0.3) is 0 Å². The Bertz CT molecular complexity index is 616. The molecule has 2 aromatic rings. The highest BCUT2D eigenvalue weighted by Crippen LogP contribution is 2.32. The number of ketones is 1. The molecule has 0 fully saturated rings. The van der Waals surface area contributed by atoms with E-state index in [0.717, 1.165) is 29.8 Å². The molecule has 0 bridgehead atoms. The highest BCUT2D eigenvalue weighted by atomic mass is 16.1. The Kier molecular flexibility index (Phi) is 3.55. The molecule has 2 nitrogen and oxygen atoms in total. The van der Waals surface area contributed by atoms with Crippen molar-refractivity contribution in [3.63, 3.8) is 0 Å². The first kappa shape index (κ1) is 12.9. The van der Waals surface area contributed by atoms with Crippen LogP contribution in [0.1, 0.15) is 29.0 Å². The van der Waals surface area contributed by atoms with Crippen molar-refractivity contribution in [3.8, 4) is 0 Å². The second-order valence-corrected chi connectivity index (χ2v) is 5.48. The van der Waals surface area contributed by atoms with Crippen molar-refractivity contribution in [3.05, 3.63) is 65.2 Å². The third-order valence-electron chi connectivity index (χ3n) is 3.97. The molecule has 0 aromatic heterocycles. The minimum absolute atomic E-state index is 0.0359. The maximum atomic E-state index is 12.6. The van der Waals surface area contributed by atoms with Crippen molar-refractivity contribution in [1.82, 2.24) is 0 Å². The van der Waals surface area contributed by atoms with Crippen LogP contribution < -0.4 is 5.32 Å². The van der Waals surface area contributed by atoms with Crippen LogP contribution in [0, 0.1) is 6.92 Å². The second kappa shape index (κ2) is 5.49. The molecule has 0 spiro atoms. The normalized spacial score (nSPS) is 17.1. The molecule has 2 heteroatoms. The van der Waals surface area contributed by atoms with E-state index in [0.29, 0.717) is 12.2 Å². The molecule has 102 valence electrons. The SMILES string of the molecule is Cc1ccc(CC(=O)C2CCNc3ccccc32)cc1. The van der Waals surface area contributed by atoms with Crippen LogP contribution in [0.4, 0.5) is 5.69 Å². The lowest BCUT2D eigenvalue weighted by Crippen LogP contribution is -2.24. The first-order valence-electron chi connectivity index (χ1n) is 7.15. The highest BCUT2D eigenvalue weighted by molar-refractivity contribution is 5.89. The van der Waals surface area contributed by atoms with Crippen LogP contribution in [-0.4, -0.2) is 12.3 Å². The van der Waals surface area contributed by atoms with Gasteiger partial charge in [0.1, 0.15) is 5.78 Å². The first-order valence-corrected chi connectivity index (χ1v) is 7.15.